The minimum Gasteiger partial charge on any atom is -0.354 e. The van der Waals surface area contributed by atoms with E-state index < -0.39 is 0 Å². The smallest absolute Gasteiger partial charge is 0.277 e. The van der Waals surface area contributed by atoms with E-state index in [4.69, 9.17) is 0 Å². The Labute approximate surface area is 135 Å². The summed E-state index contributed by atoms with van der Waals surface area (Å²) in [4.78, 5) is 23.9. The van der Waals surface area contributed by atoms with Crippen LogP contribution in [0.3, 0.4) is 0 Å². The molecule has 1 amide bonds. The zero-order chi connectivity index (χ0) is 16.7. The zero-order valence-electron chi connectivity index (χ0n) is 13.8. The molecular weight excluding hydrogens is 292 g/mol. The average Bonchev–Trinajstić information content (AvgIpc) is 2.56. The highest BCUT2D eigenvalue weighted by Gasteiger charge is 2.06. The van der Waals surface area contributed by atoms with Crippen LogP contribution in [-0.4, -0.2) is 26.9 Å². The molecule has 1 aromatic carbocycles. The normalized spacial score (nSPS) is 12.3. The molecule has 0 saturated carbocycles. The Morgan fingerprint density at radius 3 is 2.83 bits per heavy atom. The lowest BCUT2D eigenvalue weighted by Gasteiger charge is -2.11. The fourth-order valence-electron chi connectivity index (χ4n) is 2.34. The number of nitrogens with one attached hydrogen (secondary N) is 1. The lowest BCUT2D eigenvalue weighted by atomic mass is 10.1. The third-order valence-corrected chi connectivity index (χ3v) is 3.92. The molecule has 23 heavy (non-hydrogen) atoms. The van der Waals surface area contributed by atoms with Gasteiger partial charge in [0.2, 0.25) is 5.91 Å². The maximum atomic E-state index is 12.3. The number of aryl methyl sites for hydroxylation is 1. The monoisotopic (exact) mass is 316 g/mol. The van der Waals surface area contributed by atoms with E-state index in [9.17, 15) is 9.59 Å². The number of hydrogen-bond donors (Lipinski definition) is 1. The van der Waals surface area contributed by atoms with Gasteiger partial charge in [0.05, 0.1) is 5.39 Å². The van der Waals surface area contributed by atoms with Gasteiger partial charge >= 0.3 is 0 Å². The number of nitrogens with zero attached hydrogens (tertiary/aromatic N) is 3. The van der Waals surface area contributed by atoms with Crippen LogP contribution in [-0.2, 0) is 11.3 Å². The molecule has 0 radical (unpaired) electrons. The van der Waals surface area contributed by atoms with Gasteiger partial charge in [0.25, 0.3) is 5.56 Å². The number of fused-ring (bicyclic) bond motifs is 1. The van der Waals surface area contributed by atoms with Gasteiger partial charge in [-0.2, -0.15) is 0 Å². The summed E-state index contributed by atoms with van der Waals surface area (Å²) in [6.07, 6.45) is 3.98. The molecule has 0 bridgehead atoms. The summed E-state index contributed by atoms with van der Waals surface area (Å²) in [6, 6.07) is 7.44. The number of rotatable bonds is 8. The molecule has 2 rings (SSSR count). The standard InChI is InChI=1S/C17H24N4O2/c1-3-13(2)18-16(22)11-5-4-8-12-21-17(23)14-9-6-7-10-15(14)19-20-21/h6-7,9-10,13H,3-5,8,11-12H2,1-2H3,(H,18,22). The van der Waals surface area contributed by atoms with Gasteiger partial charge in [0, 0.05) is 19.0 Å². The molecule has 0 saturated heterocycles. The Morgan fingerprint density at radius 2 is 2.04 bits per heavy atom. The molecule has 0 spiro atoms. The number of carbonyl (C=O) groups is 1. The summed E-state index contributed by atoms with van der Waals surface area (Å²) in [7, 11) is 0. The highest BCUT2D eigenvalue weighted by atomic mass is 16.1. The van der Waals surface area contributed by atoms with Gasteiger partial charge in [0.1, 0.15) is 5.52 Å². The van der Waals surface area contributed by atoms with Crippen LogP contribution >= 0.6 is 0 Å². The predicted molar refractivity (Wildman–Crippen MR) is 90.2 cm³/mol. The summed E-state index contributed by atoms with van der Waals surface area (Å²) in [5.41, 5.74) is 0.514. The van der Waals surface area contributed by atoms with E-state index >= 15 is 0 Å². The number of unbranched alkanes of at least 4 members (excludes halogenated alkanes) is 2. The molecule has 0 aliphatic heterocycles. The van der Waals surface area contributed by atoms with Crippen molar-refractivity contribution >= 4 is 16.8 Å². The van der Waals surface area contributed by atoms with Gasteiger partial charge in [-0.05, 0) is 38.3 Å². The number of carbonyl (C=O) groups excluding carboxylic acids is 1. The van der Waals surface area contributed by atoms with Crippen molar-refractivity contribution in [2.24, 2.45) is 0 Å². The predicted octanol–water partition coefficient (Wildman–Crippen LogP) is 2.27. The van der Waals surface area contributed by atoms with Crippen molar-refractivity contribution in [2.75, 3.05) is 0 Å². The Hall–Kier alpha value is -2.24. The maximum absolute atomic E-state index is 12.3. The topological polar surface area (TPSA) is 76.9 Å². The summed E-state index contributed by atoms with van der Waals surface area (Å²) in [6.45, 7) is 4.58. The van der Waals surface area contributed by atoms with Gasteiger partial charge in [-0.15, -0.1) is 5.10 Å². The van der Waals surface area contributed by atoms with Crippen molar-refractivity contribution in [1.29, 1.82) is 0 Å². The highest BCUT2D eigenvalue weighted by Crippen LogP contribution is 2.05. The summed E-state index contributed by atoms with van der Waals surface area (Å²) >= 11 is 0. The second kappa shape index (κ2) is 8.41. The van der Waals surface area contributed by atoms with E-state index in [1.807, 2.05) is 26.0 Å². The van der Waals surface area contributed by atoms with Gasteiger partial charge in [0.15, 0.2) is 0 Å². The Morgan fingerprint density at radius 1 is 1.26 bits per heavy atom. The van der Waals surface area contributed by atoms with Crippen molar-refractivity contribution in [3.63, 3.8) is 0 Å². The van der Waals surface area contributed by atoms with Gasteiger partial charge in [-0.3, -0.25) is 9.59 Å². The van der Waals surface area contributed by atoms with Crippen molar-refractivity contribution in [3.05, 3.63) is 34.6 Å². The second-order valence-electron chi connectivity index (χ2n) is 5.82. The fourth-order valence-corrected chi connectivity index (χ4v) is 2.34. The first-order valence-electron chi connectivity index (χ1n) is 8.23. The SMILES string of the molecule is CCC(C)NC(=O)CCCCCn1nnc2ccccc2c1=O. The van der Waals surface area contributed by atoms with Crippen molar-refractivity contribution in [2.45, 2.75) is 58.5 Å². The second-order valence-corrected chi connectivity index (χ2v) is 5.82. The number of benzene rings is 1. The van der Waals surface area contributed by atoms with Crippen LogP contribution < -0.4 is 10.9 Å². The van der Waals surface area contributed by atoms with E-state index in [1.165, 1.54) is 4.68 Å². The Balaban J connectivity index is 1.78. The van der Waals surface area contributed by atoms with Crippen molar-refractivity contribution in [1.82, 2.24) is 20.3 Å². The van der Waals surface area contributed by atoms with Crippen molar-refractivity contribution in [3.8, 4) is 0 Å². The van der Waals surface area contributed by atoms with E-state index in [2.05, 4.69) is 15.6 Å². The maximum Gasteiger partial charge on any atom is 0.277 e. The average molecular weight is 316 g/mol. The molecule has 1 heterocycles. The van der Waals surface area contributed by atoms with Crippen LogP contribution in [0.25, 0.3) is 10.9 Å². The Bertz CT molecular complexity index is 711. The van der Waals surface area contributed by atoms with Crippen LogP contribution in [0, 0.1) is 0 Å². The van der Waals surface area contributed by atoms with Gasteiger partial charge < -0.3 is 5.32 Å². The molecule has 0 fully saturated rings. The van der Waals surface area contributed by atoms with Crippen molar-refractivity contribution < 1.29 is 4.79 Å². The first-order valence-corrected chi connectivity index (χ1v) is 8.23. The molecule has 1 aromatic heterocycles. The Kier molecular flexibility index (Phi) is 6.26. The van der Waals surface area contributed by atoms with Crippen LogP contribution in [0.5, 0.6) is 0 Å². The highest BCUT2D eigenvalue weighted by molar-refractivity contribution is 5.76. The summed E-state index contributed by atoms with van der Waals surface area (Å²) in [5.74, 6) is 0.0991. The summed E-state index contributed by atoms with van der Waals surface area (Å²) in [5, 5.41) is 11.6. The summed E-state index contributed by atoms with van der Waals surface area (Å²) < 4.78 is 1.40. The van der Waals surface area contributed by atoms with E-state index in [-0.39, 0.29) is 17.5 Å². The van der Waals surface area contributed by atoms with Crippen LogP contribution in [0.4, 0.5) is 0 Å². The largest absolute Gasteiger partial charge is 0.354 e. The molecule has 2 aromatic rings. The molecule has 0 aliphatic carbocycles. The minimum atomic E-state index is -0.106. The quantitative estimate of drug-likeness (QED) is 0.758. The molecule has 124 valence electrons. The van der Waals surface area contributed by atoms with E-state index in [1.54, 1.807) is 12.1 Å². The third-order valence-electron chi connectivity index (χ3n) is 3.92. The van der Waals surface area contributed by atoms with Gasteiger partial charge in [-0.25, -0.2) is 4.68 Å². The number of amides is 1. The molecule has 6 heteroatoms. The lowest BCUT2D eigenvalue weighted by Crippen LogP contribution is -2.31. The molecule has 1 atom stereocenters. The third kappa shape index (κ3) is 4.87. The number of aromatic nitrogens is 3. The van der Waals surface area contributed by atoms with Crippen LogP contribution in [0.2, 0.25) is 0 Å². The number of hydrogen-bond acceptors (Lipinski definition) is 4. The molecule has 6 nitrogen and oxygen atoms in total. The minimum absolute atomic E-state index is 0.0991. The van der Waals surface area contributed by atoms with Crippen LogP contribution in [0.15, 0.2) is 29.1 Å². The molecule has 0 aliphatic rings. The molecular formula is C17H24N4O2. The first-order chi connectivity index (χ1) is 11.1. The molecule has 1 unspecified atom stereocenters. The first kappa shape index (κ1) is 17.1. The zero-order valence-corrected chi connectivity index (χ0v) is 13.8. The van der Waals surface area contributed by atoms with E-state index in [0.29, 0.717) is 23.9 Å². The van der Waals surface area contributed by atoms with Gasteiger partial charge in [-0.1, -0.05) is 30.7 Å². The molecule has 1 N–H and O–H groups in total. The lowest BCUT2D eigenvalue weighted by molar-refractivity contribution is -0.121. The fraction of sp³-hybridized carbons (Fsp3) is 0.529. The van der Waals surface area contributed by atoms with E-state index in [0.717, 1.165) is 25.7 Å². The van der Waals surface area contributed by atoms with Crippen LogP contribution in [0.1, 0.15) is 46.0 Å².